The molecule has 3 fully saturated rings. The van der Waals surface area contributed by atoms with E-state index in [2.05, 4.69) is 23.0 Å². The van der Waals surface area contributed by atoms with Crippen LogP contribution in [-0.4, -0.2) is 42.7 Å². The van der Waals surface area contributed by atoms with E-state index in [1.54, 1.807) is 0 Å². The Bertz CT molecular complexity index is 256. The maximum atomic E-state index is 5.70. The quantitative estimate of drug-likeness (QED) is 0.624. The Morgan fingerprint density at radius 1 is 1.36 bits per heavy atom. The van der Waals surface area contributed by atoms with Crippen molar-refractivity contribution in [3.63, 3.8) is 0 Å². The Hall–Kier alpha value is -0.700. The molecule has 0 aliphatic carbocycles. The number of nitrogens with zero attached hydrogens (tertiary/aromatic N) is 2. The lowest BCUT2D eigenvalue weighted by Gasteiger charge is -2.45. The molecular weight excluding hydrogens is 176 g/mol. The lowest BCUT2D eigenvalue weighted by atomic mass is 9.83. The van der Waals surface area contributed by atoms with E-state index in [0.29, 0.717) is 6.04 Å². The summed E-state index contributed by atoms with van der Waals surface area (Å²) in [6.45, 7) is 3.30. The second kappa shape index (κ2) is 3.16. The Balaban J connectivity index is 1.76. The topological polar surface area (TPSA) is 15.7 Å². The van der Waals surface area contributed by atoms with Gasteiger partial charge in [0.1, 0.15) is 5.76 Å². The highest BCUT2D eigenvalue weighted by molar-refractivity contribution is 5.10. The zero-order chi connectivity index (χ0) is 9.54. The normalized spacial score (nSPS) is 41.1. The van der Waals surface area contributed by atoms with Crippen LogP contribution in [0.15, 0.2) is 12.0 Å². The van der Waals surface area contributed by atoms with Gasteiger partial charge in [-0.1, -0.05) is 0 Å². The molecule has 3 saturated heterocycles. The molecule has 0 amide bonds. The van der Waals surface area contributed by atoms with Gasteiger partial charge in [-0.05, 0) is 38.3 Å². The van der Waals surface area contributed by atoms with Crippen LogP contribution in [0.2, 0.25) is 0 Å². The second-order valence-electron chi connectivity index (χ2n) is 4.79. The summed E-state index contributed by atoms with van der Waals surface area (Å²) in [6.07, 6.45) is 6.30. The van der Waals surface area contributed by atoms with Crippen LogP contribution < -0.4 is 0 Å². The molecule has 0 N–H and O–H groups in total. The van der Waals surface area contributed by atoms with E-state index in [4.69, 9.17) is 4.74 Å². The molecule has 0 unspecified atom stereocenters. The molecule has 78 valence electrons. The maximum Gasteiger partial charge on any atom is 0.160 e. The van der Waals surface area contributed by atoms with Crippen LogP contribution in [0.5, 0.6) is 0 Å². The van der Waals surface area contributed by atoms with Gasteiger partial charge in [-0.15, -0.1) is 0 Å². The minimum absolute atomic E-state index is 0.590. The fourth-order valence-electron chi connectivity index (χ4n) is 2.91. The predicted molar refractivity (Wildman–Crippen MR) is 54.5 cm³/mol. The first-order valence-corrected chi connectivity index (χ1v) is 5.62. The molecule has 4 aliphatic heterocycles. The van der Waals surface area contributed by atoms with Gasteiger partial charge in [-0.25, -0.2) is 0 Å². The average molecular weight is 194 g/mol. The molecule has 0 spiro atoms. The molecule has 2 bridgehead atoms. The van der Waals surface area contributed by atoms with E-state index in [0.717, 1.165) is 12.6 Å². The Labute approximate surface area is 85.3 Å². The second-order valence-corrected chi connectivity index (χ2v) is 4.79. The fraction of sp³-hybridized carbons (Fsp3) is 0.818. The number of hydrogen-bond acceptors (Lipinski definition) is 3. The van der Waals surface area contributed by atoms with E-state index in [9.17, 15) is 0 Å². The van der Waals surface area contributed by atoms with Gasteiger partial charge >= 0.3 is 0 Å². The molecular formula is C11H18N2O. The number of piperidine rings is 3. The standard InChI is InChI=1S/C11H18N2O/c1-12-7-11(14-8-12)10-6-9-2-4-13(10)5-3-9/h7,9-10H,2-6,8H2,1H3/t10-/m1/s1. The Morgan fingerprint density at radius 2 is 2.14 bits per heavy atom. The van der Waals surface area contributed by atoms with Crippen LogP contribution in [0.4, 0.5) is 0 Å². The molecule has 3 heteroatoms. The van der Waals surface area contributed by atoms with Crippen molar-refractivity contribution >= 4 is 0 Å². The summed E-state index contributed by atoms with van der Waals surface area (Å²) in [4.78, 5) is 4.71. The van der Waals surface area contributed by atoms with Crippen molar-refractivity contribution < 1.29 is 4.74 Å². The highest BCUT2D eigenvalue weighted by Gasteiger charge is 2.37. The van der Waals surface area contributed by atoms with Gasteiger partial charge < -0.3 is 9.64 Å². The monoisotopic (exact) mass is 194 g/mol. The number of ether oxygens (including phenoxy) is 1. The van der Waals surface area contributed by atoms with Gasteiger partial charge in [-0.2, -0.15) is 0 Å². The summed E-state index contributed by atoms with van der Waals surface area (Å²) in [6, 6.07) is 0.590. The molecule has 0 aromatic rings. The predicted octanol–water partition coefficient (Wildman–Crippen LogP) is 1.23. The van der Waals surface area contributed by atoms with Gasteiger partial charge in [0.15, 0.2) is 6.73 Å². The van der Waals surface area contributed by atoms with Gasteiger partial charge in [0.25, 0.3) is 0 Å². The molecule has 4 rings (SSSR count). The third-order valence-electron chi connectivity index (χ3n) is 3.76. The molecule has 0 aromatic carbocycles. The molecule has 4 heterocycles. The first kappa shape index (κ1) is 8.60. The zero-order valence-corrected chi connectivity index (χ0v) is 8.78. The van der Waals surface area contributed by atoms with Gasteiger partial charge in [0, 0.05) is 13.2 Å². The highest BCUT2D eigenvalue weighted by Crippen LogP contribution is 2.36. The van der Waals surface area contributed by atoms with Crippen molar-refractivity contribution in [2.75, 3.05) is 26.9 Å². The van der Waals surface area contributed by atoms with Crippen LogP contribution in [0.3, 0.4) is 0 Å². The fourth-order valence-corrected chi connectivity index (χ4v) is 2.91. The van der Waals surface area contributed by atoms with Crippen LogP contribution in [0.1, 0.15) is 19.3 Å². The zero-order valence-electron chi connectivity index (χ0n) is 8.78. The average Bonchev–Trinajstić information content (AvgIpc) is 2.66. The molecule has 1 atom stereocenters. The summed E-state index contributed by atoms with van der Waals surface area (Å²) in [5.41, 5.74) is 0. The molecule has 0 radical (unpaired) electrons. The van der Waals surface area contributed by atoms with E-state index < -0.39 is 0 Å². The minimum atomic E-state index is 0.590. The third-order valence-corrected chi connectivity index (χ3v) is 3.76. The molecule has 0 saturated carbocycles. The van der Waals surface area contributed by atoms with E-state index in [1.165, 1.54) is 38.1 Å². The van der Waals surface area contributed by atoms with Crippen molar-refractivity contribution in [2.45, 2.75) is 25.3 Å². The number of hydrogen-bond donors (Lipinski definition) is 0. The first-order chi connectivity index (χ1) is 6.83. The summed E-state index contributed by atoms with van der Waals surface area (Å²) < 4.78 is 5.70. The lowest BCUT2D eigenvalue weighted by molar-refractivity contribution is 0.0316. The van der Waals surface area contributed by atoms with Crippen molar-refractivity contribution in [3.05, 3.63) is 12.0 Å². The van der Waals surface area contributed by atoms with Crippen molar-refractivity contribution in [2.24, 2.45) is 5.92 Å². The van der Waals surface area contributed by atoms with Crippen LogP contribution in [-0.2, 0) is 4.74 Å². The SMILES string of the molecule is CN1C=C([C@H]2CC3CCN2CC3)OC1. The van der Waals surface area contributed by atoms with Crippen LogP contribution >= 0.6 is 0 Å². The molecule has 4 aliphatic rings. The van der Waals surface area contributed by atoms with Gasteiger partial charge in [-0.3, -0.25) is 4.90 Å². The summed E-state index contributed by atoms with van der Waals surface area (Å²) in [7, 11) is 2.07. The van der Waals surface area contributed by atoms with Crippen molar-refractivity contribution in [3.8, 4) is 0 Å². The highest BCUT2D eigenvalue weighted by atomic mass is 16.5. The van der Waals surface area contributed by atoms with Crippen LogP contribution in [0.25, 0.3) is 0 Å². The molecule has 14 heavy (non-hydrogen) atoms. The largest absolute Gasteiger partial charge is 0.474 e. The smallest absolute Gasteiger partial charge is 0.160 e. The summed E-state index contributed by atoms with van der Waals surface area (Å²) >= 11 is 0. The lowest BCUT2D eigenvalue weighted by Crippen LogP contribution is -2.49. The van der Waals surface area contributed by atoms with Crippen LogP contribution in [0, 0.1) is 5.92 Å². The van der Waals surface area contributed by atoms with Gasteiger partial charge in [0.2, 0.25) is 0 Å². The van der Waals surface area contributed by atoms with Crippen molar-refractivity contribution in [1.29, 1.82) is 0 Å². The molecule has 0 aromatic heterocycles. The Morgan fingerprint density at radius 3 is 2.64 bits per heavy atom. The van der Waals surface area contributed by atoms with E-state index >= 15 is 0 Å². The minimum Gasteiger partial charge on any atom is -0.474 e. The van der Waals surface area contributed by atoms with E-state index in [-0.39, 0.29) is 0 Å². The summed E-state index contributed by atoms with van der Waals surface area (Å²) in [5, 5.41) is 0. The van der Waals surface area contributed by atoms with Gasteiger partial charge in [0.05, 0.1) is 6.04 Å². The summed E-state index contributed by atoms with van der Waals surface area (Å²) in [5.74, 6) is 2.16. The van der Waals surface area contributed by atoms with Crippen molar-refractivity contribution in [1.82, 2.24) is 9.80 Å². The molecule has 3 nitrogen and oxygen atoms in total. The van der Waals surface area contributed by atoms with E-state index in [1.807, 2.05) is 0 Å². The first-order valence-electron chi connectivity index (χ1n) is 5.62. The Kier molecular flexibility index (Phi) is 1.94. The maximum absolute atomic E-state index is 5.70. The number of fused-ring (bicyclic) bond motifs is 3. The number of rotatable bonds is 1. The third kappa shape index (κ3) is 1.31.